The Morgan fingerprint density at radius 2 is 1.74 bits per heavy atom. The maximum atomic E-state index is 13.7. The van der Waals surface area contributed by atoms with E-state index in [4.69, 9.17) is 4.74 Å². The third kappa shape index (κ3) is 4.79. The number of pyridine rings is 1. The van der Waals surface area contributed by atoms with Gasteiger partial charge in [0.15, 0.2) is 0 Å². The molecule has 1 aliphatic rings. The van der Waals surface area contributed by atoms with Gasteiger partial charge >= 0.3 is 5.69 Å². The lowest BCUT2D eigenvalue weighted by Gasteiger charge is -2.32. The fourth-order valence-corrected chi connectivity index (χ4v) is 6.13. The number of hydrogen-bond donors (Lipinski definition) is 1. The second kappa shape index (κ2) is 10.9. The first-order valence-electron chi connectivity index (χ1n) is 13.8. The SMILES string of the molecule is COc1ccccc1-c1c(=O)n(CCCCN2CCCC(c3c[nH]c4ccccc34)C2)c(=O)n2ccccc12. The second-order valence-corrected chi connectivity index (χ2v) is 10.4. The quantitative estimate of drug-likeness (QED) is 0.282. The molecule has 1 N–H and O–H groups in total. The number of aromatic amines is 1. The van der Waals surface area contributed by atoms with Gasteiger partial charge in [-0.25, -0.2) is 4.79 Å². The van der Waals surface area contributed by atoms with Gasteiger partial charge in [0.2, 0.25) is 0 Å². The van der Waals surface area contributed by atoms with E-state index in [1.807, 2.05) is 42.5 Å². The predicted octanol–water partition coefficient (Wildman–Crippen LogP) is 5.28. The summed E-state index contributed by atoms with van der Waals surface area (Å²) in [5, 5.41) is 1.33. The highest BCUT2D eigenvalue weighted by molar-refractivity contribution is 5.84. The number of nitrogens with zero attached hydrogens (tertiary/aromatic N) is 3. The first-order chi connectivity index (χ1) is 19.2. The van der Waals surface area contributed by atoms with Crippen molar-refractivity contribution in [2.75, 3.05) is 26.7 Å². The molecule has 1 saturated heterocycles. The highest BCUT2D eigenvalue weighted by Gasteiger charge is 2.23. The summed E-state index contributed by atoms with van der Waals surface area (Å²) in [6.45, 7) is 3.48. The Bertz CT molecular complexity index is 1730. The van der Waals surface area contributed by atoms with Crippen LogP contribution in [0.1, 0.15) is 37.2 Å². The zero-order valence-electron chi connectivity index (χ0n) is 22.3. The van der Waals surface area contributed by atoms with Crippen molar-refractivity contribution in [3.63, 3.8) is 0 Å². The van der Waals surface area contributed by atoms with Crippen molar-refractivity contribution < 1.29 is 4.74 Å². The van der Waals surface area contributed by atoms with Gasteiger partial charge in [0.05, 0.1) is 18.2 Å². The monoisotopic (exact) mass is 522 g/mol. The molecular formula is C32H34N4O3. The van der Waals surface area contributed by atoms with E-state index in [-0.39, 0.29) is 11.2 Å². The van der Waals surface area contributed by atoms with Gasteiger partial charge in [-0.05, 0) is 74.5 Å². The Hall–Kier alpha value is -4.10. The molecule has 0 saturated carbocycles. The number of aromatic nitrogens is 3. The lowest BCUT2D eigenvalue weighted by atomic mass is 9.90. The molecule has 6 rings (SSSR count). The molecule has 3 aromatic heterocycles. The largest absolute Gasteiger partial charge is 0.496 e. The van der Waals surface area contributed by atoms with Crippen LogP contribution in [0.15, 0.2) is 88.7 Å². The average molecular weight is 523 g/mol. The fourth-order valence-electron chi connectivity index (χ4n) is 6.13. The van der Waals surface area contributed by atoms with Crippen molar-refractivity contribution in [1.29, 1.82) is 0 Å². The van der Waals surface area contributed by atoms with Gasteiger partial charge < -0.3 is 14.6 Å². The van der Waals surface area contributed by atoms with Gasteiger partial charge in [0.25, 0.3) is 5.56 Å². The van der Waals surface area contributed by atoms with Crippen molar-refractivity contribution in [3.8, 4) is 16.9 Å². The molecule has 1 unspecified atom stereocenters. The topological polar surface area (TPSA) is 71.7 Å². The van der Waals surface area contributed by atoms with Crippen LogP contribution in [-0.4, -0.2) is 45.6 Å². The van der Waals surface area contributed by atoms with Crippen LogP contribution in [0.25, 0.3) is 27.5 Å². The molecule has 7 nitrogen and oxygen atoms in total. The van der Waals surface area contributed by atoms with E-state index < -0.39 is 0 Å². The van der Waals surface area contributed by atoms with E-state index in [1.165, 1.54) is 33.9 Å². The Kier molecular flexibility index (Phi) is 7.07. The first-order valence-corrected chi connectivity index (χ1v) is 13.8. The number of rotatable bonds is 8. The molecule has 1 fully saturated rings. The number of unbranched alkanes of at least 4 members (excludes halogenated alkanes) is 1. The highest BCUT2D eigenvalue weighted by Crippen LogP contribution is 2.32. The molecule has 7 heteroatoms. The molecule has 200 valence electrons. The zero-order chi connectivity index (χ0) is 26.8. The molecule has 0 aliphatic carbocycles. The summed E-state index contributed by atoms with van der Waals surface area (Å²) in [6, 6.07) is 21.5. The Morgan fingerprint density at radius 3 is 2.64 bits per heavy atom. The molecule has 5 aromatic rings. The summed E-state index contributed by atoms with van der Waals surface area (Å²) < 4.78 is 8.51. The van der Waals surface area contributed by atoms with Gasteiger partial charge in [-0.3, -0.25) is 13.8 Å². The smallest absolute Gasteiger partial charge is 0.335 e. The van der Waals surface area contributed by atoms with E-state index >= 15 is 0 Å². The third-order valence-electron chi connectivity index (χ3n) is 8.06. The standard InChI is InChI=1S/C32H34N4O3/c1-39-29-16-5-3-13-25(29)30-28-15-6-7-19-35(28)32(38)36(31(30)37)20-9-8-17-34-18-10-11-23(22-34)26-21-33-27-14-4-2-12-24(26)27/h2-7,12-16,19,21,23,33H,8-11,17-18,20,22H2,1H3. The number of nitrogens with one attached hydrogen (secondary N) is 1. The van der Waals surface area contributed by atoms with Crippen LogP contribution in [0.2, 0.25) is 0 Å². The summed E-state index contributed by atoms with van der Waals surface area (Å²) >= 11 is 0. The Labute approximate surface area is 227 Å². The van der Waals surface area contributed by atoms with Crippen molar-refractivity contribution in [1.82, 2.24) is 18.9 Å². The number of H-pyrrole nitrogens is 1. The van der Waals surface area contributed by atoms with E-state index in [0.29, 0.717) is 34.9 Å². The number of para-hydroxylation sites is 2. The van der Waals surface area contributed by atoms with Gasteiger partial charge in [0, 0.05) is 41.9 Å². The first kappa shape index (κ1) is 25.2. The number of methoxy groups -OCH3 is 1. The predicted molar refractivity (Wildman–Crippen MR) is 156 cm³/mol. The average Bonchev–Trinajstić information content (AvgIpc) is 3.41. The molecule has 4 heterocycles. The van der Waals surface area contributed by atoms with E-state index in [1.54, 1.807) is 17.7 Å². The minimum atomic E-state index is -0.299. The molecule has 0 bridgehead atoms. The number of piperidine rings is 1. The summed E-state index contributed by atoms with van der Waals surface area (Å²) in [5.74, 6) is 1.13. The van der Waals surface area contributed by atoms with Crippen LogP contribution < -0.4 is 16.0 Å². The molecule has 1 atom stereocenters. The number of ether oxygens (including phenoxy) is 1. The minimum Gasteiger partial charge on any atom is -0.496 e. The fraction of sp³-hybridized carbons (Fsp3) is 0.312. The lowest BCUT2D eigenvalue weighted by molar-refractivity contribution is 0.204. The summed E-state index contributed by atoms with van der Waals surface area (Å²) in [4.78, 5) is 33.0. The van der Waals surface area contributed by atoms with Crippen LogP contribution in [0, 0.1) is 0 Å². The highest BCUT2D eigenvalue weighted by atomic mass is 16.5. The van der Waals surface area contributed by atoms with E-state index in [2.05, 4.69) is 40.3 Å². The van der Waals surface area contributed by atoms with Crippen LogP contribution in [0.3, 0.4) is 0 Å². The maximum absolute atomic E-state index is 13.7. The van der Waals surface area contributed by atoms with E-state index in [9.17, 15) is 9.59 Å². The van der Waals surface area contributed by atoms with Crippen molar-refractivity contribution in [2.24, 2.45) is 0 Å². The normalized spacial score (nSPS) is 16.2. The van der Waals surface area contributed by atoms with Gasteiger partial charge in [-0.15, -0.1) is 0 Å². The molecule has 39 heavy (non-hydrogen) atoms. The lowest BCUT2D eigenvalue weighted by Crippen LogP contribution is -2.39. The van der Waals surface area contributed by atoms with Crippen LogP contribution >= 0.6 is 0 Å². The van der Waals surface area contributed by atoms with Gasteiger partial charge in [-0.1, -0.05) is 42.5 Å². The third-order valence-corrected chi connectivity index (χ3v) is 8.06. The van der Waals surface area contributed by atoms with Crippen LogP contribution in [-0.2, 0) is 6.54 Å². The molecule has 0 amide bonds. The van der Waals surface area contributed by atoms with Crippen molar-refractivity contribution in [2.45, 2.75) is 38.1 Å². The number of hydrogen-bond acceptors (Lipinski definition) is 4. The molecular weight excluding hydrogens is 488 g/mol. The summed E-state index contributed by atoms with van der Waals surface area (Å²) in [7, 11) is 1.60. The molecule has 0 radical (unpaired) electrons. The number of benzene rings is 2. The molecule has 0 spiro atoms. The van der Waals surface area contributed by atoms with Crippen LogP contribution in [0.4, 0.5) is 0 Å². The minimum absolute atomic E-state index is 0.270. The van der Waals surface area contributed by atoms with Crippen molar-refractivity contribution >= 4 is 16.4 Å². The van der Waals surface area contributed by atoms with Gasteiger partial charge in [0.1, 0.15) is 5.75 Å². The maximum Gasteiger partial charge on any atom is 0.335 e. The Morgan fingerprint density at radius 1 is 0.949 bits per heavy atom. The Balaban J connectivity index is 1.19. The zero-order valence-corrected chi connectivity index (χ0v) is 22.3. The second-order valence-electron chi connectivity index (χ2n) is 10.4. The number of fused-ring (bicyclic) bond motifs is 2. The number of likely N-dealkylation sites (tertiary alicyclic amines) is 1. The van der Waals surface area contributed by atoms with Crippen LogP contribution in [0.5, 0.6) is 5.75 Å². The molecule has 2 aromatic carbocycles. The van der Waals surface area contributed by atoms with Crippen molar-refractivity contribution in [3.05, 3.63) is 106 Å². The summed E-state index contributed by atoms with van der Waals surface area (Å²) in [5.41, 5.74) is 3.81. The van der Waals surface area contributed by atoms with E-state index in [0.717, 1.165) is 32.5 Å². The summed E-state index contributed by atoms with van der Waals surface area (Å²) in [6.07, 6.45) is 7.97. The molecule has 1 aliphatic heterocycles. The van der Waals surface area contributed by atoms with Gasteiger partial charge in [-0.2, -0.15) is 0 Å².